The minimum Gasteiger partial charge on any atom is -0.355 e. The van der Waals surface area contributed by atoms with Gasteiger partial charge in [-0.2, -0.15) is 11.8 Å². The Hall–Kier alpha value is -0.430. The number of hydrogen-bond donors (Lipinski definition) is 2. The third-order valence-electron chi connectivity index (χ3n) is 2.92. The highest BCUT2D eigenvalue weighted by Gasteiger charge is 2.29. The first-order chi connectivity index (χ1) is 8.35. The molecule has 18 heavy (non-hydrogen) atoms. The molecule has 1 atom stereocenters. The minimum absolute atomic E-state index is 0.125. The van der Waals surface area contributed by atoms with Gasteiger partial charge in [0.1, 0.15) is 9.84 Å². The number of thioether (sulfide) groups is 1. The summed E-state index contributed by atoms with van der Waals surface area (Å²) in [5.74, 6) is 2.02. The van der Waals surface area contributed by atoms with Gasteiger partial charge in [0.25, 0.3) is 0 Å². The van der Waals surface area contributed by atoms with E-state index in [2.05, 4.69) is 22.5 Å². The molecule has 0 saturated carbocycles. The number of guanidine groups is 1. The number of sulfone groups is 1. The van der Waals surface area contributed by atoms with Gasteiger partial charge in [0.2, 0.25) is 0 Å². The van der Waals surface area contributed by atoms with Crippen LogP contribution in [0, 0.1) is 0 Å². The molecule has 1 saturated heterocycles. The Bertz CT molecular complexity index is 387. The first-order valence-corrected chi connectivity index (χ1v) is 9.15. The van der Waals surface area contributed by atoms with Gasteiger partial charge < -0.3 is 10.6 Å². The van der Waals surface area contributed by atoms with E-state index in [1.807, 2.05) is 11.8 Å². The number of aliphatic imine (C=N–C) groups is 1. The van der Waals surface area contributed by atoms with E-state index in [-0.39, 0.29) is 10.5 Å². The Morgan fingerprint density at radius 3 is 2.67 bits per heavy atom. The third kappa shape index (κ3) is 5.95. The van der Waals surface area contributed by atoms with Crippen molar-refractivity contribution in [2.75, 3.05) is 37.9 Å². The topological polar surface area (TPSA) is 70.6 Å². The molecule has 1 unspecified atom stereocenters. The van der Waals surface area contributed by atoms with Crippen LogP contribution in [0.1, 0.15) is 19.8 Å². The molecule has 0 amide bonds. The van der Waals surface area contributed by atoms with Crippen molar-refractivity contribution in [2.24, 2.45) is 4.99 Å². The summed E-state index contributed by atoms with van der Waals surface area (Å²) in [6.07, 6.45) is 3.72. The van der Waals surface area contributed by atoms with E-state index < -0.39 is 9.84 Å². The summed E-state index contributed by atoms with van der Waals surface area (Å²) in [5.41, 5.74) is 0. The monoisotopic (exact) mass is 293 g/mol. The quantitative estimate of drug-likeness (QED) is 0.570. The summed E-state index contributed by atoms with van der Waals surface area (Å²) >= 11 is 1.98. The van der Waals surface area contributed by atoms with E-state index >= 15 is 0 Å². The molecule has 0 aromatic heterocycles. The number of nitrogens with one attached hydrogen (secondary N) is 2. The number of nitrogens with zero attached hydrogens (tertiary/aromatic N) is 1. The second-order valence-corrected chi connectivity index (χ2v) is 8.83. The van der Waals surface area contributed by atoms with E-state index in [9.17, 15) is 8.42 Å². The second kappa shape index (κ2) is 6.65. The molecular formula is C11H23N3O2S2. The largest absolute Gasteiger partial charge is 0.355 e. The highest BCUT2D eigenvalue weighted by atomic mass is 32.2. The predicted molar refractivity (Wildman–Crippen MR) is 79.2 cm³/mol. The van der Waals surface area contributed by atoms with Crippen LogP contribution in [0.3, 0.4) is 0 Å². The highest BCUT2D eigenvalue weighted by Crippen LogP contribution is 2.36. The zero-order chi connectivity index (χ0) is 13.6. The van der Waals surface area contributed by atoms with Crippen molar-refractivity contribution in [3.8, 4) is 0 Å². The van der Waals surface area contributed by atoms with Gasteiger partial charge in [-0.15, -0.1) is 0 Å². The lowest BCUT2D eigenvalue weighted by Crippen LogP contribution is -2.44. The molecule has 7 heteroatoms. The Morgan fingerprint density at radius 2 is 2.17 bits per heavy atom. The molecule has 1 fully saturated rings. The van der Waals surface area contributed by atoms with Crippen molar-refractivity contribution in [3.63, 3.8) is 0 Å². The van der Waals surface area contributed by atoms with Crippen LogP contribution in [0.4, 0.5) is 0 Å². The van der Waals surface area contributed by atoms with Crippen molar-refractivity contribution in [1.29, 1.82) is 0 Å². The lowest BCUT2D eigenvalue weighted by atomic mass is 10.1. The lowest BCUT2D eigenvalue weighted by molar-refractivity contribution is 0.584. The molecule has 0 bridgehead atoms. The summed E-state index contributed by atoms with van der Waals surface area (Å²) in [7, 11) is -1.23. The third-order valence-corrected chi connectivity index (χ3v) is 5.40. The zero-order valence-corrected chi connectivity index (χ0v) is 13.0. The average molecular weight is 293 g/mol. The molecule has 1 rings (SSSR count). The van der Waals surface area contributed by atoms with Crippen molar-refractivity contribution in [1.82, 2.24) is 10.6 Å². The molecule has 0 spiro atoms. The molecule has 0 radical (unpaired) electrons. The smallest absolute Gasteiger partial charge is 0.191 e. The molecule has 2 N–H and O–H groups in total. The lowest BCUT2D eigenvalue weighted by Gasteiger charge is -2.24. The summed E-state index contributed by atoms with van der Waals surface area (Å²) < 4.78 is 22.3. The van der Waals surface area contributed by atoms with E-state index in [4.69, 9.17) is 0 Å². The first-order valence-electron chi connectivity index (χ1n) is 6.11. The fourth-order valence-electron chi connectivity index (χ4n) is 1.82. The van der Waals surface area contributed by atoms with Crippen LogP contribution in [0.25, 0.3) is 0 Å². The number of hydrogen-bond acceptors (Lipinski definition) is 4. The Balaban J connectivity index is 2.30. The molecule has 106 valence electrons. The molecule has 5 nitrogen and oxygen atoms in total. The van der Waals surface area contributed by atoms with Crippen LogP contribution < -0.4 is 10.6 Å². The molecule has 0 aliphatic carbocycles. The molecule has 1 aliphatic heterocycles. The molecular weight excluding hydrogens is 270 g/mol. The fourth-order valence-corrected chi connectivity index (χ4v) is 3.54. The molecule has 1 aliphatic rings. The van der Waals surface area contributed by atoms with Crippen LogP contribution >= 0.6 is 11.8 Å². The maximum absolute atomic E-state index is 11.0. The predicted octanol–water partition coefficient (Wildman–Crippen LogP) is 0.482. The SMILES string of the molecule is CN=C(NCCS(C)(=O)=O)NCC1(C)CCCS1. The minimum atomic E-state index is -2.92. The summed E-state index contributed by atoms with van der Waals surface area (Å²) in [6.45, 7) is 3.50. The average Bonchev–Trinajstić information content (AvgIpc) is 2.69. The summed E-state index contributed by atoms with van der Waals surface area (Å²) in [4.78, 5) is 4.09. The van der Waals surface area contributed by atoms with Crippen molar-refractivity contribution in [3.05, 3.63) is 0 Å². The van der Waals surface area contributed by atoms with Crippen molar-refractivity contribution < 1.29 is 8.42 Å². The van der Waals surface area contributed by atoms with E-state index in [0.717, 1.165) is 6.54 Å². The normalized spacial score (nSPS) is 25.2. The summed E-state index contributed by atoms with van der Waals surface area (Å²) in [6, 6.07) is 0. The van der Waals surface area contributed by atoms with E-state index in [1.165, 1.54) is 24.9 Å². The Morgan fingerprint density at radius 1 is 1.44 bits per heavy atom. The van der Waals surface area contributed by atoms with Gasteiger partial charge in [-0.1, -0.05) is 0 Å². The van der Waals surface area contributed by atoms with Crippen LogP contribution in [-0.4, -0.2) is 57.0 Å². The maximum Gasteiger partial charge on any atom is 0.191 e. The van der Waals surface area contributed by atoms with Crippen LogP contribution in [-0.2, 0) is 9.84 Å². The maximum atomic E-state index is 11.0. The van der Waals surface area contributed by atoms with Crippen LogP contribution in [0.2, 0.25) is 0 Å². The van der Waals surface area contributed by atoms with E-state index in [1.54, 1.807) is 7.05 Å². The van der Waals surface area contributed by atoms with Crippen LogP contribution in [0.15, 0.2) is 4.99 Å². The first kappa shape index (κ1) is 15.6. The van der Waals surface area contributed by atoms with Gasteiger partial charge in [0, 0.05) is 31.1 Å². The summed E-state index contributed by atoms with van der Waals surface area (Å²) in [5, 5.41) is 6.28. The van der Waals surface area contributed by atoms with E-state index in [0.29, 0.717) is 12.5 Å². The van der Waals surface area contributed by atoms with Crippen LogP contribution in [0.5, 0.6) is 0 Å². The van der Waals surface area contributed by atoms with Crippen molar-refractivity contribution >= 4 is 27.6 Å². The van der Waals surface area contributed by atoms with Gasteiger partial charge in [-0.05, 0) is 25.5 Å². The second-order valence-electron chi connectivity index (χ2n) is 4.88. The van der Waals surface area contributed by atoms with Gasteiger partial charge in [-0.25, -0.2) is 8.42 Å². The van der Waals surface area contributed by atoms with Gasteiger partial charge in [-0.3, -0.25) is 4.99 Å². The zero-order valence-electron chi connectivity index (χ0n) is 11.3. The Kier molecular flexibility index (Phi) is 5.78. The van der Waals surface area contributed by atoms with Crippen molar-refractivity contribution in [2.45, 2.75) is 24.5 Å². The fraction of sp³-hybridized carbons (Fsp3) is 0.909. The van der Waals surface area contributed by atoms with Gasteiger partial charge >= 0.3 is 0 Å². The molecule has 0 aromatic rings. The molecule has 1 heterocycles. The number of rotatable bonds is 5. The van der Waals surface area contributed by atoms with Gasteiger partial charge in [0.05, 0.1) is 5.75 Å². The molecule has 0 aromatic carbocycles. The standard InChI is InChI=1S/C11H23N3O2S2/c1-11(5-4-7-17-11)9-14-10(12-2)13-6-8-18(3,15)16/h4-9H2,1-3H3,(H2,12,13,14). The van der Waals surface area contributed by atoms with Gasteiger partial charge in [0.15, 0.2) is 5.96 Å². The highest BCUT2D eigenvalue weighted by molar-refractivity contribution is 8.00. The Labute approximate surface area is 114 Å².